The number of alkyl halides is 1. The lowest BCUT2D eigenvalue weighted by molar-refractivity contribution is -0.115. The third kappa shape index (κ3) is 1.03. The molecule has 0 spiro atoms. The number of nitrogens with zero attached hydrogens (tertiary/aromatic N) is 1. The van der Waals surface area contributed by atoms with Crippen LogP contribution in [0.3, 0.4) is 0 Å². The molecular formula is C4H4ClNOS. The van der Waals surface area contributed by atoms with Crippen molar-refractivity contribution < 1.29 is 4.79 Å². The fourth-order valence-electron chi connectivity index (χ4n) is 0.432. The zero-order valence-electron chi connectivity index (χ0n) is 4.22. The summed E-state index contributed by atoms with van der Waals surface area (Å²) in [5.74, 6) is -0.228. The minimum absolute atomic E-state index is 0.228. The van der Waals surface area contributed by atoms with Crippen molar-refractivity contribution >= 4 is 34.3 Å². The van der Waals surface area contributed by atoms with E-state index in [0.29, 0.717) is 0 Å². The van der Waals surface area contributed by atoms with Gasteiger partial charge in [0, 0.05) is 0 Å². The Morgan fingerprint density at radius 1 is 1.88 bits per heavy atom. The molecule has 0 fully saturated rings. The molecule has 0 aromatic rings. The van der Waals surface area contributed by atoms with Crippen LogP contribution in [0.5, 0.6) is 0 Å². The first-order chi connectivity index (χ1) is 3.70. The highest BCUT2D eigenvalue weighted by Gasteiger charge is 2.22. The first-order valence-corrected chi connectivity index (χ1v) is 3.41. The molecule has 0 saturated carbocycles. The molecule has 2 nitrogen and oxygen atoms in total. The van der Waals surface area contributed by atoms with Crippen molar-refractivity contribution in [2.45, 2.75) is 11.6 Å². The Balaban J connectivity index is 2.70. The maximum atomic E-state index is 10.4. The van der Waals surface area contributed by atoms with E-state index in [0.717, 1.165) is 5.04 Å². The number of hydrogen-bond acceptors (Lipinski definition) is 2. The average Bonchev–Trinajstić information content (AvgIpc) is 1.85. The van der Waals surface area contributed by atoms with E-state index in [4.69, 9.17) is 11.6 Å². The van der Waals surface area contributed by atoms with Crippen molar-refractivity contribution in [1.29, 1.82) is 0 Å². The summed E-state index contributed by atoms with van der Waals surface area (Å²) in [5, 5.41) is 0.759. The minimum Gasteiger partial charge on any atom is -0.270 e. The lowest BCUT2D eigenvalue weighted by Gasteiger charge is -1.87. The minimum atomic E-state index is -0.463. The van der Waals surface area contributed by atoms with Crippen LogP contribution in [0.4, 0.5) is 0 Å². The number of thioether (sulfide) groups is 1. The number of rotatable bonds is 0. The summed E-state index contributed by atoms with van der Waals surface area (Å²) in [4.78, 5) is 14.0. The summed E-state index contributed by atoms with van der Waals surface area (Å²) in [7, 11) is 0. The van der Waals surface area contributed by atoms with Gasteiger partial charge in [-0.25, -0.2) is 4.99 Å². The fourth-order valence-corrected chi connectivity index (χ4v) is 1.46. The molecular weight excluding hydrogens is 146 g/mol. The lowest BCUT2D eigenvalue weighted by atomic mass is 10.7. The molecule has 1 aliphatic heterocycles. The van der Waals surface area contributed by atoms with Crippen LogP contribution in [-0.2, 0) is 4.79 Å². The largest absolute Gasteiger partial charge is 0.275 e. The Morgan fingerprint density at radius 2 is 2.50 bits per heavy atom. The molecule has 1 rings (SSSR count). The maximum Gasteiger partial charge on any atom is 0.275 e. The van der Waals surface area contributed by atoms with E-state index < -0.39 is 4.71 Å². The summed E-state index contributed by atoms with van der Waals surface area (Å²) in [6.07, 6.45) is 0. The number of carbonyl (C=O) groups excluding carboxylic acids is 1. The number of hydrogen-bond donors (Lipinski definition) is 0. The van der Waals surface area contributed by atoms with Crippen molar-refractivity contribution in [3.05, 3.63) is 0 Å². The van der Waals surface area contributed by atoms with Crippen LogP contribution in [0.15, 0.2) is 4.99 Å². The van der Waals surface area contributed by atoms with Crippen molar-refractivity contribution in [2.75, 3.05) is 0 Å². The van der Waals surface area contributed by atoms with Crippen LogP contribution >= 0.6 is 23.4 Å². The standard InChI is InChI=1S/C4H4ClNOS/c1-2-6-4(7)3(5)8-2/h3H,1H3. The van der Waals surface area contributed by atoms with Gasteiger partial charge >= 0.3 is 0 Å². The fraction of sp³-hybridized carbons (Fsp3) is 0.500. The van der Waals surface area contributed by atoms with Gasteiger partial charge in [0.25, 0.3) is 5.91 Å². The average molecular weight is 150 g/mol. The van der Waals surface area contributed by atoms with Crippen LogP contribution in [0.25, 0.3) is 0 Å². The third-order valence-electron chi connectivity index (χ3n) is 0.736. The summed E-state index contributed by atoms with van der Waals surface area (Å²) in [5.41, 5.74) is 0. The molecule has 1 heterocycles. The Hall–Kier alpha value is -0.0200. The molecule has 0 saturated heterocycles. The monoisotopic (exact) mass is 149 g/mol. The predicted octanol–water partition coefficient (Wildman–Crippen LogP) is 1.24. The Labute approximate surface area is 56.3 Å². The van der Waals surface area contributed by atoms with Gasteiger partial charge in [0.1, 0.15) is 0 Å². The van der Waals surface area contributed by atoms with E-state index in [1.165, 1.54) is 11.8 Å². The SMILES string of the molecule is CC1=NC(=O)C(Cl)S1. The van der Waals surface area contributed by atoms with Gasteiger partial charge in [-0.2, -0.15) is 0 Å². The second kappa shape index (κ2) is 2.07. The number of halogens is 1. The second-order valence-corrected chi connectivity index (χ2v) is 3.40. The molecule has 44 valence electrons. The van der Waals surface area contributed by atoms with E-state index >= 15 is 0 Å². The van der Waals surface area contributed by atoms with E-state index in [2.05, 4.69) is 4.99 Å². The molecule has 1 atom stereocenters. The van der Waals surface area contributed by atoms with E-state index in [-0.39, 0.29) is 5.91 Å². The lowest BCUT2D eigenvalue weighted by Crippen LogP contribution is -1.99. The predicted molar refractivity (Wildman–Crippen MR) is 35.3 cm³/mol. The zero-order valence-corrected chi connectivity index (χ0v) is 5.79. The molecule has 1 unspecified atom stereocenters. The molecule has 1 amide bonds. The van der Waals surface area contributed by atoms with Gasteiger partial charge in [0.15, 0.2) is 4.71 Å². The molecule has 4 heteroatoms. The van der Waals surface area contributed by atoms with Crippen LogP contribution < -0.4 is 0 Å². The summed E-state index contributed by atoms with van der Waals surface area (Å²) in [6, 6.07) is 0. The van der Waals surface area contributed by atoms with Gasteiger partial charge in [-0.05, 0) is 6.92 Å². The van der Waals surface area contributed by atoms with Crippen LogP contribution in [0, 0.1) is 0 Å². The molecule has 0 radical (unpaired) electrons. The molecule has 1 aliphatic rings. The van der Waals surface area contributed by atoms with Gasteiger partial charge in [0.05, 0.1) is 5.04 Å². The highest BCUT2D eigenvalue weighted by molar-refractivity contribution is 8.16. The topological polar surface area (TPSA) is 29.4 Å². The van der Waals surface area contributed by atoms with Crippen LogP contribution in [-0.4, -0.2) is 15.7 Å². The summed E-state index contributed by atoms with van der Waals surface area (Å²) < 4.78 is -0.463. The van der Waals surface area contributed by atoms with Crippen molar-refractivity contribution in [2.24, 2.45) is 4.99 Å². The van der Waals surface area contributed by atoms with E-state index in [9.17, 15) is 4.79 Å². The van der Waals surface area contributed by atoms with Gasteiger partial charge in [-0.3, -0.25) is 4.79 Å². The first kappa shape index (κ1) is 6.11. The molecule has 0 bridgehead atoms. The smallest absolute Gasteiger partial charge is 0.270 e. The van der Waals surface area contributed by atoms with Crippen molar-refractivity contribution in [3.63, 3.8) is 0 Å². The van der Waals surface area contributed by atoms with E-state index in [1.54, 1.807) is 6.92 Å². The van der Waals surface area contributed by atoms with Gasteiger partial charge in [0.2, 0.25) is 0 Å². The Kier molecular flexibility index (Phi) is 1.58. The Morgan fingerprint density at radius 3 is 2.62 bits per heavy atom. The number of aliphatic imine (C=N–C) groups is 1. The van der Waals surface area contributed by atoms with Crippen LogP contribution in [0.1, 0.15) is 6.92 Å². The van der Waals surface area contributed by atoms with Gasteiger partial charge < -0.3 is 0 Å². The molecule has 0 aliphatic carbocycles. The quantitative estimate of drug-likeness (QED) is 0.485. The second-order valence-electron chi connectivity index (χ2n) is 1.40. The number of amides is 1. The van der Waals surface area contributed by atoms with Crippen LogP contribution in [0.2, 0.25) is 0 Å². The summed E-state index contributed by atoms with van der Waals surface area (Å²) in [6.45, 7) is 1.77. The zero-order chi connectivity index (χ0) is 6.15. The van der Waals surface area contributed by atoms with E-state index in [1.807, 2.05) is 0 Å². The molecule has 0 N–H and O–H groups in total. The number of carbonyl (C=O) groups is 1. The Bertz CT molecular complexity index is 156. The molecule has 0 aromatic carbocycles. The first-order valence-electron chi connectivity index (χ1n) is 2.10. The van der Waals surface area contributed by atoms with Crippen molar-refractivity contribution in [1.82, 2.24) is 0 Å². The summed E-state index contributed by atoms with van der Waals surface area (Å²) >= 11 is 6.75. The van der Waals surface area contributed by atoms with Gasteiger partial charge in [-0.15, -0.1) is 0 Å². The highest BCUT2D eigenvalue weighted by Crippen LogP contribution is 2.24. The molecule has 8 heavy (non-hydrogen) atoms. The normalized spacial score (nSPS) is 28.5. The van der Waals surface area contributed by atoms with Gasteiger partial charge in [-0.1, -0.05) is 23.4 Å². The van der Waals surface area contributed by atoms with Crippen molar-refractivity contribution in [3.8, 4) is 0 Å². The third-order valence-corrected chi connectivity index (χ3v) is 2.03. The highest BCUT2D eigenvalue weighted by atomic mass is 35.5. The maximum absolute atomic E-state index is 10.4. The molecule has 0 aromatic heterocycles.